The molecule has 0 amide bonds. The van der Waals surface area contributed by atoms with E-state index in [1.807, 2.05) is 13.8 Å². The molecule has 1 aliphatic carbocycles. The second-order valence-corrected chi connectivity index (χ2v) is 5.48. The number of carbonyl (C=O) groups excluding carboxylic acids is 2. The number of carbonyl (C=O) groups is 2. The van der Waals surface area contributed by atoms with Gasteiger partial charge in [-0.25, -0.2) is 0 Å². The van der Waals surface area contributed by atoms with Crippen molar-refractivity contribution in [2.75, 3.05) is 0 Å². The molecule has 1 saturated carbocycles. The summed E-state index contributed by atoms with van der Waals surface area (Å²) >= 11 is 0. The lowest BCUT2D eigenvalue weighted by Crippen LogP contribution is -2.28. The van der Waals surface area contributed by atoms with Gasteiger partial charge in [-0.3, -0.25) is 9.59 Å². The van der Waals surface area contributed by atoms with E-state index in [0.29, 0.717) is 12.8 Å². The zero-order valence-corrected chi connectivity index (χ0v) is 12.5. The Kier molecular flexibility index (Phi) is 10.8. The lowest BCUT2D eigenvalue weighted by molar-refractivity contribution is -0.133. The van der Waals surface area contributed by atoms with E-state index < -0.39 is 0 Å². The summed E-state index contributed by atoms with van der Waals surface area (Å²) in [7, 11) is 0. The Morgan fingerprint density at radius 2 is 1.29 bits per heavy atom. The Labute approximate surface area is 112 Å². The fourth-order valence-corrected chi connectivity index (χ4v) is 1.97. The van der Waals surface area contributed by atoms with Crippen molar-refractivity contribution in [3.63, 3.8) is 0 Å². The zero-order valence-electron chi connectivity index (χ0n) is 11.7. The van der Waals surface area contributed by atoms with Gasteiger partial charge in [-0.05, 0) is 5.41 Å². The lowest BCUT2D eigenvalue weighted by atomic mass is 9.76. The molecule has 2 nitrogen and oxygen atoms in total. The summed E-state index contributed by atoms with van der Waals surface area (Å²) in [5.41, 5.74) is -0.0770. The summed E-state index contributed by atoms with van der Waals surface area (Å²) in [6, 6.07) is 0. The van der Waals surface area contributed by atoms with Crippen LogP contribution in [0.15, 0.2) is 0 Å². The molecule has 0 heterocycles. The fraction of sp³-hybridized carbons (Fsp3) is 0.857. The van der Waals surface area contributed by atoms with Crippen molar-refractivity contribution in [2.24, 2.45) is 5.41 Å². The van der Waals surface area contributed by atoms with Crippen LogP contribution >= 0.6 is 12.4 Å². The highest BCUT2D eigenvalue weighted by atomic mass is 35.5. The highest BCUT2D eigenvalue weighted by Crippen LogP contribution is 2.30. The first kappa shape index (κ1) is 19.0. The predicted octanol–water partition coefficient (Wildman–Crippen LogP) is 4.34. The van der Waals surface area contributed by atoms with Crippen LogP contribution in [-0.2, 0) is 9.59 Å². The molecule has 0 radical (unpaired) electrons. The van der Waals surface area contributed by atoms with Crippen LogP contribution in [0.1, 0.15) is 72.6 Å². The topological polar surface area (TPSA) is 34.1 Å². The smallest absolute Gasteiger partial charge is 0.140 e. The van der Waals surface area contributed by atoms with Gasteiger partial charge in [-0.15, -0.1) is 12.4 Å². The van der Waals surface area contributed by atoms with Gasteiger partial charge < -0.3 is 0 Å². The third-order valence-corrected chi connectivity index (χ3v) is 2.70. The molecule has 0 saturated heterocycles. The molecular weight excluding hydrogens is 236 g/mol. The maximum absolute atomic E-state index is 10.9. The molecule has 0 unspecified atom stereocenters. The van der Waals surface area contributed by atoms with E-state index in [2.05, 4.69) is 13.8 Å². The Balaban J connectivity index is 0. The van der Waals surface area contributed by atoms with Crippen LogP contribution in [0.3, 0.4) is 0 Å². The molecule has 1 rings (SSSR count). The molecule has 102 valence electrons. The highest BCUT2D eigenvalue weighted by molar-refractivity contribution is 6.01. The van der Waals surface area contributed by atoms with Crippen LogP contribution in [0, 0.1) is 5.41 Å². The number of hydrogen-bond acceptors (Lipinski definition) is 2. The monoisotopic (exact) mass is 262 g/mol. The maximum atomic E-state index is 10.9. The van der Waals surface area contributed by atoms with E-state index in [4.69, 9.17) is 0 Å². The van der Waals surface area contributed by atoms with Crippen molar-refractivity contribution in [1.82, 2.24) is 0 Å². The molecule has 1 fully saturated rings. The van der Waals surface area contributed by atoms with Gasteiger partial charge >= 0.3 is 0 Å². The molecule has 0 N–H and O–H groups in total. The van der Waals surface area contributed by atoms with Crippen molar-refractivity contribution in [3.8, 4) is 0 Å². The van der Waals surface area contributed by atoms with Crippen molar-refractivity contribution in [3.05, 3.63) is 0 Å². The summed E-state index contributed by atoms with van der Waals surface area (Å²) in [5, 5.41) is 0. The van der Waals surface area contributed by atoms with Gasteiger partial charge in [-0.2, -0.15) is 0 Å². The van der Waals surface area contributed by atoms with Crippen molar-refractivity contribution < 1.29 is 9.59 Å². The molecule has 0 spiro atoms. The van der Waals surface area contributed by atoms with E-state index in [1.54, 1.807) is 0 Å². The van der Waals surface area contributed by atoms with Gasteiger partial charge in [0.1, 0.15) is 11.6 Å². The first-order chi connectivity index (χ1) is 7.41. The van der Waals surface area contributed by atoms with E-state index in [-0.39, 0.29) is 35.8 Å². The summed E-state index contributed by atoms with van der Waals surface area (Å²) in [6.07, 6.45) is 6.84. The van der Waals surface area contributed by atoms with Gasteiger partial charge in [0.15, 0.2) is 0 Å². The van der Waals surface area contributed by atoms with Crippen molar-refractivity contribution in [2.45, 2.75) is 72.6 Å². The van der Waals surface area contributed by atoms with Crippen LogP contribution in [0.25, 0.3) is 0 Å². The fourth-order valence-electron chi connectivity index (χ4n) is 1.97. The second-order valence-electron chi connectivity index (χ2n) is 5.48. The van der Waals surface area contributed by atoms with Crippen molar-refractivity contribution >= 4 is 24.0 Å². The van der Waals surface area contributed by atoms with Gasteiger partial charge in [0.25, 0.3) is 0 Å². The van der Waals surface area contributed by atoms with Gasteiger partial charge in [-0.1, -0.05) is 53.4 Å². The van der Waals surface area contributed by atoms with E-state index in [0.717, 1.165) is 0 Å². The summed E-state index contributed by atoms with van der Waals surface area (Å²) in [4.78, 5) is 21.7. The summed E-state index contributed by atoms with van der Waals surface area (Å²) in [5.74, 6) is 0.197. The minimum Gasteiger partial charge on any atom is -0.299 e. The first-order valence-electron chi connectivity index (χ1n) is 6.44. The van der Waals surface area contributed by atoms with Crippen LogP contribution in [0.5, 0.6) is 0 Å². The Morgan fingerprint density at radius 1 is 0.941 bits per heavy atom. The number of Topliss-reactive ketones (excluding diaryl/α,β-unsaturated/α-hetero) is 2. The Hall–Kier alpha value is -0.370. The Bertz CT molecular complexity index is 212. The number of ketones is 2. The highest BCUT2D eigenvalue weighted by Gasteiger charge is 2.31. The van der Waals surface area contributed by atoms with Crippen LogP contribution in [-0.4, -0.2) is 11.6 Å². The minimum absolute atomic E-state index is 0. The molecule has 0 aromatic carbocycles. The molecule has 0 aromatic rings. The molecule has 0 aromatic heterocycles. The average Bonchev–Trinajstić information content (AvgIpc) is 2.11. The largest absolute Gasteiger partial charge is 0.299 e. The second kappa shape index (κ2) is 9.64. The third-order valence-electron chi connectivity index (χ3n) is 2.70. The predicted molar refractivity (Wildman–Crippen MR) is 74.7 cm³/mol. The average molecular weight is 263 g/mol. The van der Waals surface area contributed by atoms with Crippen LogP contribution in [0.4, 0.5) is 0 Å². The molecular formula is C14H27ClO2. The van der Waals surface area contributed by atoms with Gasteiger partial charge in [0, 0.05) is 12.8 Å². The zero-order chi connectivity index (χ0) is 12.6. The standard InChI is InChI=1S/C8H12O2.C6H14.ClH/c1-8(2)4-6(9)3-7(10)5-8;1-3-5-6-4-2;/h3-5H2,1-2H3;3-6H2,1-2H3;1H. The molecule has 1 aliphatic rings. The molecule has 3 heteroatoms. The molecule has 0 atom stereocenters. The van der Waals surface area contributed by atoms with E-state index in [9.17, 15) is 9.59 Å². The number of hydrogen-bond donors (Lipinski definition) is 0. The summed E-state index contributed by atoms with van der Waals surface area (Å²) in [6.45, 7) is 8.38. The van der Waals surface area contributed by atoms with Gasteiger partial charge in [0.05, 0.1) is 6.42 Å². The molecule has 0 bridgehead atoms. The number of unbranched alkanes of at least 4 members (excludes halogenated alkanes) is 3. The number of halogens is 1. The van der Waals surface area contributed by atoms with Crippen molar-refractivity contribution in [1.29, 1.82) is 0 Å². The molecule has 17 heavy (non-hydrogen) atoms. The maximum Gasteiger partial charge on any atom is 0.140 e. The Morgan fingerprint density at radius 3 is 1.53 bits per heavy atom. The van der Waals surface area contributed by atoms with Crippen LogP contribution < -0.4 is 0 Å². The number of rotatable bonds is 3. The third kappa shape index (κ3) is 10.5. The van der Waals surface area contributed by atoms with E-state index >= 15 is 0 Å². The quantitative estimate of drug-likeness (QED) is 0.560. The van der Waals surface area contributed by atoms with Crippen LogP contribution in [0.2, 0.25) is 0 Å². The SMILES string of the molecule is CC1(C)CC(=O)CC(=O)C1.CCCCCC.Cl. The van der Waals surface area contributed by atoms with Gasteiger partial charge in [0.2, 0.25) is 0 Å². The summed E-state index contributed by atoms with van der Waals surface area (Å²) < 4.78 is 0. The first-order valence-corrected chi connectivity index (χ1v) is 6.44. The van der Waals surface area contributed by atoms with E-state index in [1.165, 1.54) is 25.7 Å². The normalized spacial score (nSPS) is 17.9. The lowest BCUT2D eigenvalue weighted by Gasteiger charge is -2.26. The molecule has 0 aliphatic heterocycles. The minimum atomic E-state index is -0.0770.